The number of pyridine rings is 1. The van der Waals surface area contributed by atoms with Crippen LogP contribution in [0.3, 0.4) is 0 Å². The first kappa shape index (κ1) is 12.0. The second-order valence-electron chi connectivity index (χ2n) is 3.36. The quantitative estimate of drug-likeness (QED) is 0.825. The van der Waals surface area contributed by atoms with Crippen molar-refractivity contribution in [2.24, 2.45) is 5.73 Å². The Bertz CT molecular complexity index is 346. The fourth-order valence-corrected chi connectivity index (χ4v) is 2.14. The number of nitrogens with two attached hydrogens (primary N) is 1. The van der Waals surface area contributed by atoms with Crippen molar-refractivity contribution in [2.45, 2.75) is 24.3 Å². The molecule has 0 aliphatic heterocycles. The number of aromatic nitrogens is 1. The summed E-state index contributed by atoms with van der Waals surface area (Å²) in [5.74, 6) is 0.915. The van der Waals surface area contributed by atoms with Crippen LogP contribution in [0.5, 0.6) is 0 Å². The Kier molecular flexibility index (Phi) is 5.16. The summed E-state index contributed by atoms with van der Waals surface area (Å²) in [6.45, 7) is 2.90. The third-order valence-corrected chi connectivity index (χ3v) is 3.35. The Labute approximate surface area is 94.7 Å². The van der Waals surface area contributed by atoms with Gasteiger partial charge in [-0.2, -0.15) is 17.0 Å². The van der Waals surface area contributed by atoms with Crippen molar-refractivity contribution in [3.63, 3.8) is 0 Å². The number of hydrogen-bond acceptors (Lipinski definition) is 4. The van der Waals surface area contributed by atoms with E-state index in [0.29, 0.717) is 10.9 Å². The van der Waals surface area contributed by atoms with E-state index in [1.165, 1.54) is 0 Å². The van der Waals surface area contributed by atoms with Crippen LogP contribution in [0, 0.1) is 11.3 Å². The van der Waals surface area contributed by atoms with Gasteiger partial charge < -0.3 is 5.73 Å². The van der Waals surface area contributed by atoms with E-state index in [2.05, 4.69) is 11.9 Å². The van der Waals surface area contributed by atoms with Gasteiger partial charge in [0.05, 0.1) is 0 Å². The van der Waals surface area contributed by atoms with Crippen molar-refractivity contribution in [2.75, 3.05) is 6.54 Å². The zero-order valence-corrected chi connectivity index (χ0v) is 9.63. The van der Waals surface area contributed by atoms with Crippen LogP contribution in [0.15, 0.2) is 18.3 Å². The van der Waals surface area contributed by atoms with E-state index in [1.54, 1.807) is 6.20 Å². The molecule has 0 amide bonds. The minimum atomic E-state index is 0.486. The first-order valence-corrected chi connectivity index (χ1v) is 5.98. The topological polar surface area (TPSA) is 62.7 Å². The molecular weight excluding hydrogens is 206 g/mol. The summed E-state index contributed by atoms with van der Waals surface area (Å²) in [7, 11) is 0. The highest BCUT2D eigenvalue weighted by Gasteiger charge is 2.02. The molecule has 0 bridgehead atoms. The van der Waals surface area contributed by atoms with Gasteiger partial charge >= 0.3 is 0 Å². The summed E-state index contributed by atoms with van der Waals surface area (Å²) in [6.07, 6.45) is 2.71. The van der Waals surface area contributed by atoms with Crippen LogP contribution in [0.1, 0.15) is 24.6 Å². The molecule has 1 heterocycles. The van der Waals surface area contributed by atoms with E-state index >= 15 is 0 Å². The molecule has 15 heavy (non-hydrogen) atoms. The molecule has 1 aromatic heterocycles. The Hall–Kier alpha value is -1.05. The Morgan fingerprint density at radius 2 is 2.47 bits per heavy atom. The first-order chi connectivity index (χ1) is 7.26. The van der Waals surface area contributed by atoms with Crippen LogP contribution in [0.25, 0.3) is 0 Å². The van der Waals surface area contributed by atoms with Crippen LogP contribution in [0.4, 0.5) is 0 Å². The molecule has 0 spiro atoms. The predicted molar refractivity (Wildman–Crippen MR) is 63.4 cm³/mol. The number of thioether (sulfide) groups is 1. The molecule has 0 aliphatic carbocycles. The van der Waals surface area contributed by atoms with E-state index in [0.717, 1.165) is 24.3 Å². The van der Waals surface area contributed by atoms with Gasteiger partial charge in [0.25, 0.3) is 0 Å². The molecule has 1 atom stereocenters. The molecule has 4 heteroatoms. The van der Waals surface area contributed by atoms with Gasteiger partial charge in [0.15, 0.2) is 0 Å². The fourth-order valence-electron chi connectivity index (χ4n) is 1.18. The maximum Gasteiger partial charge on any atom is 0.140 e. The summed E-state index contributed by atoms with van der Waals surface area (Å²) in [5, 5.41) is 9.25. The third kappa shape index (κ3) is 4.32. The Morgan fingerprint density at radius 1 is 1.67 bits per heavy atom. The van der Waals surface area contributed by atoms with Gasteiger partial charge in [0.1, 0.15) is 11.8 Å². The Morgan fingerprint density at radius 3 is 3.13 bits per heavy atom. The molecule has 1 unspecified atom stereocenters. The van der Waals surface area contributed by atoms with Gasteiger partial charge in [-0.05, 0) is 30.7 Å². The SMILES string of the molecule is CC(CCN)SCc1ccnc(C#N)c1. The van der Waals surface area contributed by atoms with Gasteiger partial charge in [-0.25, -0.2) is 4.98 Å². The lowest BCUT2D eigenvalue weighted by atomic mass is 10.2. The predicted octanol–water partition coefficient (Wildman–Crippen LogP) is 1.92. The fraction of sp³-hybridized carbons (Fsp3) is 0.455. The largest absolute Gasteiger partial charge is 0.330 e. The van der Waals surface area contributed by atoms with Crippen molar-refractivity contribution >= 4 is 11.8 Å². The zero-order valence-electron chi connectivity index (χ0n) is 8.81. The van der Waals surface area contributed by atoms with Crippen molar-refractivity contribution in [3.05, 3.63) is 29.6 Å². The molecule has 1 rings (SSSR count). The summed E-state index contributed by atoms with van der Waals surface area (Å²) in [5.41, 5.74) is 7.11. The molecule has 0 radical (unpaired) electrons. The molecule has 3 nitrogen and oxygen atoms in total. The number of nitrogens with zero attached hydrogens (tertiary/aromatic N) is 2. The molecule has 0 saturated carbocycles. The highest BCUT2D eigenvalue weighted by atomic mass is 32.2. The highest BCUT2D eigenvalue weighted by molar-refractivity contribution is 7.99. The van der Waals surface area contributed by atoms with Crippen LogP contribution in [-0.4, -0.2) is 16.8 Å². The average Bonchev–Trinajstić information content (AvgIpc) is 2.27. The van der Waals surface area contributed by atoms with Crippen LogP contribution in [-0.2, 0) is 5.75 Å². The van der Waals surface area contributed by atoms with Crippen molar-refractivity contribution in [3.8, 4) is 6.07 Å². The molecular formula is C11H15N3S. The monoisotopic (exact) mass is 221 g/mol. The van der Waals surface area contributed by atoms with Crippen LogP contribution >= 0.6 is 11.8 Å². The standard InChI is InChI=1S/C11H15N3S/c1-9(2-4-12)15-8-10-3-5-14-11(6-10)7-13/h3,5-6,9H,2,4,8,12H2,1H3. The van der Waals surface area contributed by atoms with Gasteiger partial charge in [-0.3, -0.25) is 0 Å². The summed E-state index contributed by atoms with van der Waals surface area (Å²) in [4.78, 5) is 3.93. The average molecular weight is 221 g/mol. The van der Waals surface area contributed by atoms with Crippen molar-refractivity contribution in [1.29, 1.82) is 5.26 Å². The number of rotatable bonds is 5. The normalized spacial score (nSPS) is 12.1. The Balaban J connectivity index is 2.47. The lowest BCUT2D eigenvalue weighted by Crippen LogP contribution is -2.07. The molecule has 0 fully saturated rings. The van der Waals surface area contributed by atoms with Gasteiger partial charge in [-0.15, -0.1) is 0 Å². The molecule has 2 N–H and O–H groups in total. The van der Waals surface area contributed by atoms with Crippen LogP contribution < -0.4 is 5.73 Å². The zero-order chi connectivity index (χ0) is 11.1. The maximum atomic E-state index is 8.69. The summed E-state index contributed by atoms with van der Waals surface area (Å²) in [6, 6.07) is 5.82. The van der Waals surface area contributed by atoms with Crippen molar-refractivity contribution in [1.82, 2.24) is 4.98 Å². The maximum absolute atomic E-state index is 8.69. The number of hydrogen-bond donors (Lipinski definition) is 1. The second kappa shape index (κ2) is 6.44. The van der Waals surface area contributed by atoms with E-state index in [4.69, 9.17) is 11.0 Å². The lowest BCUT2D eigenvalue weighted by Gasteiger charge is -2.09. The minimum absolute atomic E-state index is 0.486. The summed E-state index contributed by atoms with van der Waals surface area (Å²) >= 11 is 1.86. The number of nitriles is 1. The lowest BCUT2D eigenvalue weighted by molar-refractivity contribution is 0.823. The molecule has 0 saturated heterocycles. The van der Waals surface area contributed by atoms with E-state index in [9.17, 15) is 0 Å². The minimum Gasteiger partial charge on any atom is -0.330 e. The van der Waals surface area contributed by atoms with Gasteiger partial charge in [-0.1, -0.05) is 6.92 Å². The van der Waals surface area contributed by atoms with Crippen molar-refractivity contribution < 1.29 is 0 Å². The van der Waals surface area contributed by atoms with E-state index < -0.39 is 0 Å². The molecule has 0 aromatic carbocycles. The highest BCUT2D eigenvalue weighted by Crippen LogP contribution is 2.19. The van der Waals surface area contributed by atoms with E-state index in [-0.39, 0.29) is 0 Å². The third-order valence-electron chi connectivity index (χ3n) is 2.05. The molecule has 80 valence electrons. The van der Waals surface area contributed by atoms with Gasteiger partial charge in [0.2, 0.25) is 0 Å². The molecule has 1 aromatic rings. The van der Waals surface area contributed by atoms with Gasteiger partial charge in [0, 0.05) is 17.2 Å². The van der Waals surface area contributed by atoms with E-state index in [1.807, 2.05) is 30.0 Å². The first-order valence-electron chi connectivity index (χ1n) is 4.93. The summed E-state index contributed by atoms with van der Waals surface area (Å²) < 4.78 is 0. The van der Waals surface area contributed by atoms with Crippen LogP contribution in [0.2, 0.25) is 0 Å². The second-order valence-corrected chi connectivity index (χ2v) is 4.79. The smallest absolute Gasteiger partial charge is 0.140 e. The molecule has 0 aliphatic rings.